The highest BCUT2D eigenvalue weighted by Gasteiger charge is 2.32. The summed E-state index contributed by atoms with van der Waals surface area (Å²) in [4.78, 5) is 2.35. The zero-order chi connectivity index (χ0) is 13.8. The topological polar surface area (TPSA) is 38.5 Å². The number of hydrogen-bond donors (Lipinski definition) is 1. The van der Waals surface area contributed by atoms with Crippen LogP contribution in [0.15, 0.2) is 18.2 Å². The lowest BCUT2D eigenvalue weighted by molar-refractivity contribution is 0.180. The van der Waals surface area contributed by atoms with Gasteiger partial charge >= 0.3 is 0 Å². The van der Waals surface area contributed by atoms with E-state index in [2.05, 4.69) is 44.0 Å². The van der Waals surface area contributed by atoms with Crippen molar-refractivity contribution in [2.75, 3.05) is 26.7 Å². The van der Waals surface area contributed by atoms with Crippen LogP contribution < -0.4 is 10.5 Å². The number of ether oxygens (including phenoxy) is 1. The SMILES string of the molecule is Cc1cc(C)cc(OCCN(C)C(CN)C2CC2)c1. The van der Waals surface area contributed by atoms with Gasteiger partial charge in [-0.15, -0.1) is 0 Å². The predicted molar refractivity (Wildman–Crippen MR) is 79.6 cm³/mol. The molecule has 0 aliphatic heterocycles. The largest absolute Gasteiger partial charge is 0.492 e. The van der Waals surface area contributed by atoms with Crippen molar-refractivity contribution in [1.29, 1.82) is 0 Å². The van der Waals surface area contributed by atoms with Crippen molar-refractivity contribution in [2.24, 2.45) is 11.7 Å². The van der Waals surface area contributed by atoms with Crippen LogP contribution >= 0.6 is 0 Å². The lowest BCUT2D eigenvalue weighted by atomic mass is 10.1. The van der Waals surface area contributed by atoms with E-state index in [4.69, 9.17) is 10.5 Å². The first kappa shape index (κ1) is 14.4. The van der Waals surface area contributed by atoms with Crippen LogP contribution in [0.1, 0.15) is 24.0 Å². The molecule has 0 aromatic heterocycles. The highest BCUT2D eigenvalue weighted by Crippen LogP contribution is 2.34. The molecule has 1 saturated carbocycles. The number of benzene rings is 1. The first-order chi connectivity index (χ1) is 9.10. The molecule has 2 N–H and O–H groups in total. The average Bonchev–Trinajstić information content (AvgIpc) is 3.13. The van der Waals surface area contributed by atoms with Crippen molar-refractivity contribution < 1.29 is 4.74 Å². The van der Waals surface area contributed by atoms with Crippen LogP contribution in [0.2, 0.25) is 0 Å². The minimum absolute atomic E-state index is 0.530. The van der Waals surface area contributed by atoms with E-state index < -0.39 is 0 Å². The molecule has 0 heterocycles. The highest BCUT2D eigenvalue weighted by molar-refractivity contribution is 5.32. The maximum Gasteiger partial charge on any atom is 0.119 e. The Kier molecular flexibility index (Phi) is 4.83. The van der Waals surface area contributed by atoms with Crippen molar-refractivity contribution in [3.05, 3.63) is 29.3 Å². The molecule has 3 nitrogen and oxygen atoms in total. The van der Waals surface area contributed by atoms with Crippen LogP contribution in [0, 0.1) is 19.8 Å². The Morgan fingerprint density at radius 2 is 1.89 bits per heavy atom. The fourth-order valence-electron chi connectivity index (χ4n) is 2.70. The number of rotatable bonds is 7. The first-order valence-corrected chi connectivity index (χ1v) is 7.21. The Bertz CT molecular complexity index is 395. The molecule has 3 heteroatoms. The molecule has 1 unspecified atom stereocenters. The van der Waals surface area contributed by atoms with Gasteiger partial charge in [-0.1, -0.05) is 6.07 Å². The second-order valence-corrected chi connectivity index (χ2v) is 5.79. The molecule has 19 heavy (non-hydrogen) atoms. The van der Waals surface area contributed by atoms with Crippen LogP contribution in [-0.2, 0) is 0 Å². The van der Waals surface area contributed by atoms with Gasteiger partial charge in [0.05, 0.1) is 0 Å². The van der Waals surface area contributed by atoms with Crippen molar-refractivity contribution >= 4 is 0 Å². The number of nitrogens with two attached hydrogens (primary N) is 1. The lowest BCUT2D eigenvalue weighted by Crippen LogP contribution is -2.41. The van der Waals surface area contributed by atoms with Gasteiger partial charge in [0.15, 0.2) is 0 Å². The van der Waals surface area contributed by atoms with E-state index in [1.165, 1.54) is 24.0 Å². The standard InChI is InChI=1S/C16H26N2O/c1-12-8-13(2)10-15(9-12)19-7-6-18(3)16(11-17)14-4-5-14/h8-10,14,16H,4-7,11,17H2,1-3H3. The second-order valence-electron chi connectivity index (χ2n) is 5.79. The van der Waals surface area contributed by atoms with Crippen LogP contribution in [0.4, 0.5) is 0 Å². The second kappa shape index (κ2) is 6.40. The van der Waals surface area contributed by atoms with Crippen LogP contribution in [0.3, 0.4) is 0 Å². The minimum Gasteiger partial charge on any atom is -0.492 e. The number of hydrogen-bond acceptors (Lipinski definition) is 3. The van der Waals surface area contributed by atoms with Gasteiger partial charge in [-0.25, -0.2) is 0 Å². The maximum absolute atomic E-state index is 5.85. The van der Waals surface area contributed by atoms with Gasteiger partial charge in [0.25, 0.3) is 0 Å². The van der Waals surface area contributed by atoms with Crippen LogP contribution in [0.5, 0.6) is 5.75 Å². The molecule has 1 aromatic rings. The smallest absolute Gasteiger partial charge is 0.119 e. The molecule has 1 atom stereocenters. The van der Waals surface area contributed by atoms with Crippen molar-refractivity contribution in [3.63, 3.8) is 0 Å². The van der Waals surface area contributed by atoms with Gasteiger partial charge in [-0.05, 0) is 62.9 Å². The van der Waals surface area contributed by atoms with Gasteiger partial charge in [0, 0.05) is 19.1 Å². The monoisotopic (exact) mass is 262 g/mol. The van der Waals surface area contributed by atoms with Gasteiger partial charge in [0.1, 0.15) is 12.4 Å². The molecule has 106 valence electrons. The summed E-state index contributed by atoms with van der Waals surface area (Å²) in [6, 6.07) is 6.88. The number of nitrogens with zero attached hydrogens (tertiary/aromatic N) is 1. The predicted octanol–water partition coefficient (Wildman–Crippen LogP) is 2.35. The third-order valence-corrected chi connectivity index (χ3v) is 3.88. The summed E-state index contributed by atoms with van der Waals surface area (Å²) in [6.07, 6.45) is 2.67. The molecular weight excluding hydrogens is 236 g/mol. The summed E-state index contributed by atoms with van der Waals surface area (Å²) < 4.78 is 5.85. The van der Waals surface area contributed by atoms with Crippen molar-refractivity contribution in [2.45, 2.75) is 32.7 Å². The summed E-state index contributed by atoms with van der Waals surface area (Å²) in [6.45, 7) is 6.62. The van der Waals surface area contributed by atoms with E-state index in [1.54, 1.807) is 0 Å². The Hall–Kier alpha value is -1.06. The third-order valence-electron chi connectivity index (χ3n) is 3.88. The van der Waals surface area contributed by atoms with Gasteiger partial charge in [-0.3, -0.25) is 4.90 Å². The molecular formula is C16H26N2O. The fraction of sp³-hybridized carbons (Fsp3) is 0.625. The summed E-state index contributed by atoms with van der Waals surface area (Å²) >= 11 is 0. The summed E-state index contributed by atoms with van der Waals surface area (Å²) in [7, 11) is 2.15. The van der Waals surface area contributed by atoms with Crippen molar-refractivity contribution in [1.82, 2.24) is 4.90 Å². The van der Waals surface area contributed by atoms with E-state index in [0.717, 1.165) is 31.4 Å². The summed E-state index contributed by atoms with van der Waals surface area (Å²) in [5.41, 5.74) is 8.36. The van der Waals surface area contributed by atoms with E-state index in [-0.39, 0.29) is 0 Å². The van der Waals surface area contributed by atoms with Crippen molar-refractivity contribution in [3.8, 4) is 5.75 Å². The number of aryl methyl sites for hydroxylation is 2. The first-order valence-electron chi connectivity index (χ1n) is 7.21. The van der Waals surface area contributed by atoms with E-state index >= 15 is 0 Å². The van der Waals surface area contributed by atoms with Gasteiger partial charge < -0.3 is 10.5 Å². The zero-order valence-corrected chi connectivity index (χ0v) is 12.4. The maximum atomic E-state index is 5.85. The highest BCUT2D eigenvalue weighted by atomic mass is 16.5. The van der Waals surface area contributed by atoms with Crippen LogP contribution in [0.25, 0.3) is 0 Å². The van der Waals surface area contributed by atoms with Gasteiger partial charge in [-0.2, -0.15) is 0 Å². The lowest BCUT2D eigenvalue weighted by Gasteiger charge is -2.26. The van der Waals surface area contributed by atoms with E-state index in [9.17, 15) is 0 Å². The third kappa shape index (κ3) is 4.22. The molecule has 0 bridgehead atoms. The quantitative estimate of drug-likeness (QED) is 0.820. The fourth-order valence-corrected chi connectivity index (χ4v) is 2.70. The molecule has 0 saturated heterocycles. The summed E-state index contributed by atoms with van der Waals surface area (Å²) in [5, 5.41) is 0. The molecule has 1 aromatic carbocycles. The Balaban J connectivity index is 1.79. The normalized spacial score (nSPS) is 16.7. The average molecular weight is 262 g/mol. The Morgan fingerprint density at radius 3 is 2.42 bits per heavy atom. The van der Waals surface area contributed by atoms with Crippen LogP contribution in [-0.4, -0.2) is 37.7 Å². The van der Waals surface area contributed by atoms with Gasteiger partial charge in [0.2, 0.25) is 0 Å². The molecule has 2 rings (SSSR count). The molecule has 1 fully saturated rings. The van der Waals surface area contributed by atoms with E-state index in [1.807, 2.05) is 0 Å². The molecule has 0 amide bonds. The Morgan fingerprint density at radius 1 is 1.26 bits per heavy atom. The Labute approximate surface area is 116 Å². The minimum atomic E-state index is 0.530. The molecule has 1 aliphatic carbocycles. The zero-order valence-electron chi connectivity index (χ0n) is 12.4. The molecule has 0 spiro atoms. The van der Waals surface area contributed by atoms with E-state index in [0.29, 0.717) is 6.04 Å². The number of likely N-dealkylation sites (N-methyl/N-ethyl adjacent to an activating group) is 1. The molecule has 0 radical (unpaired) electrons. The summed E-state index contributed by atoms with van der Waals surface area (Å²) in [5.74, 6) is 1.79. The molecule has 1 aliphatic rings.